The van der Waals surface area contributed by atoms with Gasteiger partial charge in [-0.3, -0.25) is 0 Å². The van der Waals surface area contributed by atoms with Crippen LogP contribution in [-0.2, 0) is 6.54 Å². The predicted molar refractivity (Wildman–Crippen MR) is 81.1 cm³/mol. The fraction of sp³-hybridized carbons (Fsp3) is 0.250. The number of nitrogens with one attached hydrogen (secondary N) is 1. The van der Waals surface area contributed by atoms with Gasteiger partial charge in [-0.15, -0.1) is 0 Å². The summed E-state index contributed by atoms with van der Waals surface area (Å²) in [6.07, 6.45) is 0. The standard InChI is InChI=1S/C16H16F3NS/c1-2-20-10-13-9-12(5-8-15(13)17)11-3-6-14(7-4-11)21-16(18)19/h3-9,16,20H,2,10H2,1H3. The number of thioether (sulfide) groups is 1. The quantitative estimate of drug-likeness (QED) is 0.760. The minimum absolute atomic E-state index is 0.246. The highest BCUT2D eigenvalue weighted by Gasteiger charge is 2.07. The first-order chi connectivity index (χ1) is 10.1. The molecule has 0 fully saturated rings. The van der Waals surface area contributed by atoms with E-state index in [9.17, 15) is 13.2 Å². The average molecular weight is 311 g/mol. The zero-order valence-corrected chi connectivity index (χ0v) is 12.4. The molecule has 0 aliphatic heterocycles. The van der Waals surface area contributed by atoms with Gasteiger partial charge < -0.3 is 5.32 Å². The van der Waals surface area contributed by atoms with Crippen molar-refractivity contribution < 1.29 is 13.2 Å². The summed E-state index contributed by atoms with van der Waals surface area (Å²) in [7, 11) is 0. The van der Waals surface area contributed by atoms with Crippen LogP contribution in [0.2, 0.25) is 0 Å². The zero-order valence-electron chi connectivity index (χ0n) is 11.6. The fourth-order valence-electron chi connectivity index (χ4n) is 1.98. The van der Waals surface area contributed by atoms with Gasteiger partial charge in [-0.05, 0) is 41.9 Å². The number of hydrogen-bond donors (Lipinski definition) is 1. The van der Waals surface area contributed by atoms with Crippen molar-refractivity contribution in [1.29, 1.82) is 0 Å². The lowest BCUT2D eigenvalue weighted by atomic mass is 10.0. The molecule has 0 bridgehead atoms. The minimum atomic E-state index is -2.42. The summed E-state index contributed by atoms with van der Waals surface area (Å²) in [4.78, 5) is 0.517. The van der Waals surface area contributed by atoms with Crippen molar-refractivity contribution in [3.05, 3.63) is 53.8 Å². The highest BCUT2D eigenvalue weighted by Crippen LogP contribution is 2.28. The molecular weight excluding hydrogens is 295 g/mol. The third-order valence-electron chi connectivity index (χ3n) is 3.02. The second-order valence-electron chi connectivity index (χ2n) is 4.49. The molecule has 1 N–H and O–H groups in total. The highest BCUT2D eigenvalue weighted by atomic mass is 32.2. The maximum atomic E-state index is 13.7. The molecule has 0 aliphatic rings. The Balaban J connectivity index is 2.21. The lowest BCUT2D eigenvalue weighted by Crippen LogP contribution is -2.12. The molecule has 0 saturated carbocycles. The van der Waals surface area contributed by atoms with Crippen molar-refractivity contribution in [2.45, 2.75) is 24.1 Å². The van der Waals surface area contributed by atoms with Crippen molar-refractivity contribution in [3.63, 3.8) is 0 Å². The van der Waals surface area contributed by atoms with Crippen LogP contribution < -0.4 is 5.32 Å². The van der Waals surface area contributed by atoms with Crippen molar-refractivity contribution in [2.75, 3.05) is 6.54 Å². The van der Waals surface area contributed by atoms with E-state index in [4.69, 9.17) is 0 Å². The number of alkyl halides is 2. The van der Waals surface area contributed by atoms with E-state index in [0.29, 0.717) is 28.8 Å². The smallest absolute Gasteiger partial charge is 0.288 e. The number of rotatable bonds is 6. The summed E-state index contributed by atoms with van der Waals surface area (Å²) in [6, 6.07) is 11.8. The summed E-state index contributed by atoms with van der Waals surface area (Å²) in [5, 5.41) is 3.09. The molecule has 0 atom stereocenters. The molecule has 0 aromatic heterocycles. The van der Waals surface area contributed by atoms with Crippen molar-refractivity contribution in [2.24, 2.45) is 0 Å². The van der Waals surface area contributed by atoms with Gasteiger partial charge in [-0.2, -0.15) is 8.78 Å². The van der Waals surface area contributed by atoms with Crippen LogP contribution in [-0.4, -0.2) is 12.3 Å². The zero-order chi connectivity index (χ0) is 15.2. The van der Waals surface area contributed by atoms with Crippen LogP contribution in [0.1, 0.15) is 12.5 Å². The second kappa shape index (κ2) is 7.52. The largest absolute Gasteiger partial charge is 0.313 e. The number of hydrogen-bond acceptors (Lipinski definition) is 2. The molecule has 112 valence electrons. The summed E-state index contributed by atoms with van der Waals surface area (Å²) in [6.45, 7) is 3.19. The lowest BCUT2D eigenvalue weighted by Gasteiger charge is -2.08. The molecule has 0 aliphatic carbocycles. The molecule has 0 radical (unpaired) electrons. The van der Waals surface area contributed by atoms with E-state index in [1.165, 1.54) is 6.07 Å². The van der Waals surface area contributed by atoms with E-state index in [1.54, 1.807) is 36.4 Å². The Morgan fingerprint density at radius 1 is 1.05 bits per heavy atom. The molecule has 5 heteroatoms. The van der Waals surface area contributed by atoms with E-state index in [1.807, 2.05) is 6.92 Å². The molecule has 2 aromatic carbocycles. The number of benzene rings is 2. The molecule has 0 unspecified atom stereocenters. The van der Waals surface area contributed by atoms with E-state index < -0.39 is 5.76 Å². The van der Waals surface area contributed by atoms with Crippen LogP contribution in [0.5, 0.6) is 0 Å². The first-order valence-electron chi connectivity index (χ1n) is 6.64. The highest BCUT2D eigenvalue weighted by molar-refractivity contribution is 7.99. The van der Waals surface area contributed by atoms with Crippen LogP contribution >= 0.6 is 11.8 Å². The molecule has 0 amide bonds. The lowest BCUT2D eigenvalue weighted by molar-refractivity contribution is 0.252. The maximum Gasteiger partial charge on any atom is 0.288 e. The SMILES string of the molecule is CCNCc1cc(-c2ccc(SC(F)F)cc2)ccc1F. The Hall–Kier alpha value is -1.46. The van der Waals surface area contributed by atoms with Crippen molar-refractivity contribution in [1.82, 2.24) is 5.32 Å². The van der Waals surface area contributed by atoms with Gasteiger partial charge in [0.25, 0.3) is 5.76 Å². The van der Waals surface area contributed by atoms with E-state index >= 15 is 0 Å². The van der Waals surface area contributed by atoms with Crippen LogP contribution in [0.4, 0.5) is 13.2 Å². The van der Waals surface area contributed by atoms with E-state index in [0.717, 1.165) is 17.7 Å². The van der Waals surface area contributed by atoms with Gasteiger partial charge in [0, 0.05) is 17.0 Å². The van der Waals surface area contributed by atoms with Gasteiger partial charge in [-0.1, -0.05) is 36.9 Å². The van der Waals surface area contributed by atoms with Crippen molar-refractivity contribution >= 4 is 11.8 Å². The first-order valence-corrected chi connectivity index (χ1v) is 7.52. The van der Waals surface area contributed by atoms with E-state index in [2.05, 4.69) is 5.32 Å². The van der Waals surface area contributed by atoms with Gasteiger partial charge in [0.15, 0.2) is 0 Å². The van der Waals surface area contributed by atoms with Crippen LogP contribution in [0.15, 0.2) is 47.4 Å². The van der Waals surface area contributed by atoms with Crippen LogP contribution in [0.3, 0.4) is 0 Å². The Kier molecular flexibility index (Phi) is 5.70. The predicted octanol–water partition coefficient (Wildman–Crippen LogP) is 4.92. The van der Waals surface area contributed by atoms with Gasteiger partial charge in [0.2, 0.25) is 0 Å². The first kappa shape index (κ1) is 15.9. The van der Waals surface area contributed by atoms with Gasteiger partial charge >= 0.3 is 0 Å². The Bertz CT molecular complexity index is 585. The maximum absolute atomic E-state index is 13.7. The van der Waals surface area contributed by atoms with Crippen LogP contribution in [0.25, 0.3) is 11.1 Å². The normalized spacial score (nSPS) is 11.1. The summed E-state index contributed by atoms with van der Waals surface area (Å²) < 4.78 is 38.2. The Morgan fingerprint density at radius 2 is 1.71 bits per heavy atom. The van der Waals surface area contributed by atoms with Crippen LogP contribution in [0, 0.1) is 5.82 Å². The van der Waals surface area contributed by atoms with Crippen molar-refractivity contribution in [3.8, 4) is 11.1 Å². The third-order valence-corrected chi connectivity index (χ3v) is 3.75. The third kappa shape index (κ3) is 4.51. The summed E-state index contributed by atoms with van der Waals surface area (Å²) in [5.41, 5.74) is 2.35. The fourth-order valence-corrected chi connectivity index (χ4v) is 2.48. The van der Waals surface area contributed by atoms with Gasteiger partial charge in [-0.25, -0.2) is 4.39 Å². The van der Waals surface area contributed by atoms with Gasteiger partial charge in [0.1, 0.15) is 5.82 Å². The Morgan fingerprint density at radius 3 is 2.33 bits per heavy atom. The van der Waals surface area contributed by atoms with E-state index in [-0.39, 0.29) is 5.82 Å². The monoisotopic (exact) mass is 311 g/mol. The Labute approximate surface area is 126 Å². The average Bonchev–Trinajstić information content (AvgIpc) is 2.47. The molecular formula is C16H16F3NS. The minimum Gasteiger partial charge on any atom is -0.313 e. The molecule has 0 heterocycles. The van der Waals surface area contributed by atoms with Gasteiger partial charge in [0.05, 0.1) is 0 Å². The molecule has 0 saturated heterocycles. The topological polar surface area (TPSA) is 12.0 Å². The summed E-state index contributed by atoms with van der Waals surface area (Å²) in [5.74, 6) is -2.67. The molecule has 2 aromatic rings. The summed E-state index contributed by atoms with van der Waals surface area (Å²) >= 11 is 0.516. The molecule has 2 rings (SSSR count). The second-order valence-corrected chi connectivity index (χ2v) is 5.55. The number of halogens is 3. The molecule has 21 heavy (non-hydrogen) atoms. The molecule has 1 nitrogen and oxygen atoms in total. The molecule has 0 spiro atoms.